The molecule has 130 valence electrons. The number of hydrogen-bond acceptors (Lipinski definition) is 4. The summed E-state index contributed by atoms with van der Waals surface area (Å²) in [5.74, 6) is 0.761. The minimum Gasteiger partial charge on any atom is -0.325 e. The SMILES string of the molecule is O=C(CN1CC2=C(CCC(C3=CC=CCC3)=C2)C1=O)NC1=NCCS1. The Kier molecular flexibility index (Phi) is 4.61. The van der Waals surface area contributed by atoms with Gasteiger partial charge in [0.1, 0.15) is 6.54 Å². The van der Waals surface area contributed by atoms with Crippen LogP contribution in [0.3, 0.4) is 0 Å². The molecule has 0 unspecified atom stereocenters. The summed E-state index contributed by atoms with van der Waals surface area (Å²) in [6.45, 7) is 1.38. The van der Waals surface area contributed by atoms with Crippen LogP contribution in [0, 0.1) is 0 Å². The van der Waals surface area contributed by atoms with Crippen molar-refractivity contribution in [2.75, 3.05) is 25.4 Å². The maximum absolute atomic E-state index is 12.6. The maximum atomic E-state index is 12.6. The van der Waals surface area contributed by atoms with Crippen molar-refractivity contribution < 1.29 is 9.59 Å². The van der Waals surface area contributed by atoms with Gasteiger partial charge in [0.25, 0.3) is 5.91 Å². The zero-order chi connectivity index (χ0) is 17.2. The number of allylic oxidation sites excluding steroid dienone is 5. The second-order valence-corrected chi connectivity index (χ2v) is 7.66. The van der Waals surface area contributed by atoms with Gasteiger partial charge in [-0.15, -0.1) is 0 Å². The maximum Gasteiger partial charge on any atom is 0.250 e. The summed E-state index contributed by atoms with van der Waals surface area (Å²) < 4.78 is 0. The second-order valence-electron chi connectivity index (χ2n) is 6.58. The van der Waals surface area contributed by atoms with Crippen LogP contribution in [0.5, 0.6) is 0 Å². The van der Waals surface area contributed by atoms with Crippen LogP contribution in [0.4, 0.5) is 0 Å². The van der Waals surface area contributed by atoms with Crippen LogP contribution in [0.25, 0.3) is 0 Å². The quantitative estimate of drug-likeness (QED) is 0.845. The third kappa shape index (κ3) is 3.49. The lowest BCUT2D eigenvalue weighted by molar-refractivity contribution is -0.131. The van der Waals surface area contributed by atoms with E-state index in [0.717, 1.165) is 49.1 Å². The van der Waals surface area contributed by atoms with Crippen LogP contribution in [-0.4, -0.2) is 47.3 Å². The number of nitrogens with zero attached hydrogens (tertiary/aromatic N) is 2. The van der Waals surface area contributed by atoms with E-state index in [1.165, 1.54) is 11.1 Å². The molecule has 2 amide bonds. The fraction of sp³-hybridized carbons (Fsp3) is 0.421. The van der Waals surface area contributed by atoms with Crippen molar-refractivity contribution >= 4 is 28.7 Å². The fourth-order valence-corrected chi connectivity index (χ4v) is 4.38. The van der Waals surface area contributed by atoms with Crippen LogP contribution in [0.15, 0.2) is 51.6 Å². The van der Waals surface area contributed by atoms with E-state index in [-0.39, 0.29) is 18.4 Å². The van der Waals surface area contributed by atoms with Crippen molar-refractivity contribution in [1.82, 2.24) is 10.2 Å². The van der Waals surface area contributed by atoms with Gasteiger partial charge in [-0.1, -0.05) is 36.1 Å². The van der Waals surface area contributed by atoms with Crippen LogP contribution in [0.2, 0.25) is 0 Å². The van der Waals surface area contributed by atoms with Crippen molar-refractivity contribution in [3.8, 4) is 0 Å². The summed E-state index contributed by atoms with van der Waals surface area (Å²) in [5.41, 5.74) is 4.70. The summed E-state index contributed by atoms with van der Waals surface area (Å²) >= 11 is 1.55. The van der Waals surface area contributed by atoms with Gasteiger partial charge in [0.15, 0.2) is 5.17 Å². The minimum atomic E-state index is -0.161. The zero-order valence-electron chi connectivity index (χ0n) is 14.1. The minimum absolute atomic E-state index is 0.0129. The Morgan fingerprint density at radius 3 is 2.96 bits per heavy atom. The van der Waals surface area contributed by atoms with E-state index < -0.39 is 0 Å². The highest BCUT2D eigenvalue weighted by Gasteiger charge is 2.33. The van der Waals surface area contributed by atoms with E-state index in [1.54, 1.807) is 16.7 Å². The Hall–Kier alpha value is -2.08. The smallest absolute Gasteiger partial charge is 0.250 e. The number of thioether (sulfide) groups is 1. The lowest BCUT2D eigenvalue weighted by Crippen LogP contribution is -2.40. The predicted octanol–water partition coefficient (Wildman–Crippen LogP) is 2.34. The van der Waals surface area contributed by atoms with Gasteiger partial charge >= 0.3 is 0 Å². The van der Waals surface area contributed by atoms with Crippen LogP contribution < -0.4 is 5.32 Å². The largest absolute Gasteiger partial charge is 0.325 e. The Morgan fingerprint density at radius 1 is 1.28 bits per heavy atom. The van der Waals surface area contributed by atoms with Crippen molar-refractivity contribution in [3.05, 3.63) is 46.6 Å². The van der Waals surface area contributed by atoms with E-state index in [4.69, 9.17) is 0 Å². The van der Waals surface area contributed by atoms with Crippen molar-refractivity contribution in [1.29, 1.82) is 0 Å². The van der Waals surface area contributed by atoms with Gasteiger partial charge in [-0.05, 0) is 42.4 Å². The molecular weight excluding hydrogens is 334 g/mol. The molecule has 0 saturated carbocycles. The first-order chi connectivity index (χ1) is 12.2. The van der Waals surface area contributed by atoms with Gasteiger partial charge in [-0.3, -0.25) is 14.6 Å². The molecule has 0 aromatic heterocycles. The summed E-state index contributed by atoms with van der Waals surface area (Å²) in [6.07, 6.45) is 12.5. The zero-order valence-corrected chi connectivity index (χ0v) is 14.9. The molecule has 0 aromatic rings. The van der Waals surface area contributed by atoms with E-state index in [2.05, 4.69) is 34.6 Å². The normalized spacial score (nSPS) is 22.6. The molecule has 0 saturated heterocycles. The van der Waals surface area contributed by atoms with Gasteiger partial charge < -0.3 is 10.2 Å². The van der Waals surface area contributed by atoms with Crippen LogP contribution in [0.1, 0.15) is 25.7 Å². The molecule has 6 heteroatoms. The number of aliphatic imine (C=N–C) groups is 1. The molecule has 0 atom stereocenters. The number of carbonyl (C=O) groups excluding carboxylic acids is 2. The van der Waals surface area contributed by atoms with Crippen molar-refractivity contribution in [2.24, 2.45) is 4.99 Å². The van der Waals surface area contributed by atoms with Crippen LogP contribution >= 0.6 is 11.8 Å². The van der Waals surface area contributed by atoms with E-state index in [0.29, 0.717) is 11.7 Å². The Labute approximate surface area is 151 Å². The molecular formula is C19H21N3O2S. The van der Waals surface area contributed by atoms with Gasteiger partial charge in [0.2, 0.25) is 5.91 Å². The molecule has 0 bridgehead atoms. The molecule has 2 aliphatic heterocycles. The highest BCUT2D eigenvalue weighted by molar-refractivity contribution is 8.14. The van der Waals surface area contributed by atoms with Gasteiger partial charge in [0.05, 0.1) is 6.54 Å². The number of amidine groups is 1. The van der Waals surface area contributed by atoms with Gasteiger partial charge in [0, 0.05) is 17.9 Å². The van der Waals surface area contributed by atoms with Gasteiger partial charge in [-0.25, -0.2) is 0 Å². The number of rotatable bonds is 3. The first kappa shape index (κ1) is 16.4. The first-order valence-electron chi connectivity index (χ1n) is 8.76. The molecule has 0 radical (unpaired) electrons. The number of carbonyl (C=O) groups is 2. The summed E-state index contributed by atoms with van der Waals surface area (Å²) in [6, 6.07) is 0. The predicted molar refractivity (Wildman–Crippen MR) is 100 cm³/mol. The number of nitrogens with one attached hydrogen (secondary N) is 1. The lowest BCUT2D eigenvalue weighted by Gasteiger charge is -2.17. The third-order valence-electron chi connectivity index (χ3n) is 4.88. The van der Waals surface area contributed by atoms with Crippen molar-refractivity contribution in [3.63, 3.8) is 0 Å². The standard InChI is InChI=1S/C19H21N3O2S/c23-17(21-19-20-8-9-25-19)12-22-11-15-10-14(6-7-16(15)18(22)24)13-4-2-1-3-5-13/h1-2,4,10H,3,5-9,11-12H2,(H,20,21,23). The molecule has 4 aliphatic rings. The summed E-state index contributed by atoms with van der Waals surface area (Å²) in [7, 11) is 0. The molecule has 25 heavy (non-hydrogen) atoms. The third-order valence-corrected chi connectivity index (χ3v) is 5.77. The molecule has 0 fully saturated rings. The molecule has 1 N–H and O–H groups in total. The van der Waals surface area contributed by atoms with Gasteiger partial charge in [-0.2, -0.15) is 0 Å². The molecule has 2 aliphatic carbocycles. The molecule has 5 nitrogen and oxygen atoms in total. The molecule has 0 aromatic carbocycles. The second kappa shape index (κ2) is 7.04. The Balaban J connectivity index is 1.42. The highest BCUT2D eigenvalue weighted by atomic mass is 32.2. The average molecular weight is 355 g/mol. The highest BCUT2D eigenvalue weighted by Crippen LogP contribution is 2.35. The molecule has 0 spiro atoms. The van der Waals surface area contributed by atoms with Crippen molar-refractivity contribution in [2.45, 2.75) is 25.7 Å². The fourth-order valence-electron chi connectivity index (χ4n) is 3.64. The summed E-state index contributed by atoms with van der Waals surface area (Å²) in [5, 5.41) is 3.47. The topological polar surface area (TPSA) is 61.8 Å². The van der Waals surface area contributed by atoms with Crippen LogP contribution in [-0.2, 0) is 9.59 Å². The molecule has 2 heterocycles. The molecule has 4 rings (SSSR count). The summed E-state index contributed by atoms with van der Waals surface area (Å²) in [4.78, 5) is 30.6. The first-order valence-corrected chi connectivity index (χ1v) is 9.74. The van der Waals surface area contributed by atoms with E-state index >= 15 is 0 Å². The lowest BCUT2D eigenvalue weighted by atomic mass is 9.87. The number of hydrogen-bond donors (Lipinski definition) is 1. The van der Waals surface area contributed by atoms with E-state index in [9.17, 15) is 9.59 Å². The monoisotopic (exact) mass is 355 g/mol. The Morgan fingerprint density at radius 2 is 2.20 bits per heavy atom. The Bertz CT molecular complexity index is 774. The number of amides is 2. The van der Waals surface area contributed by atoms with E-state index in [1.807, 2.05) is 0 Å². The average Bonchev–Trinajstić information content (AvgIpc) is 3.24.